The molecule has 4 rings (SSSR count). The fourth-order valence-electron chi connectivity index (χ4n) is 3.71. The summed E-state index contributed by atoms with van der Waals surface area (Å²) in [5, 5.41) is 3.40. The molecule has 0 bridgehead atoms. The molecular weight excluding hydrogens is 371 g/mol. The topological polar surface area (TPSA) is 59.2 Å². The first kappa shape index (κ1) is 19.0. The van der Waals surface area contributed by atoms with Crippen LogP contribution in [0.3, 0.4) is 0 Å². The van der Waals surface area contributed by atoms with E-state index in [9.17, 15) is 18.0 Å². The van der Waals surface area contributed by atoms with E-state index in [4.69, 9.17) is 0 Å². The normalized spacial score (nSPS) is 17.8. The molecule has 0 N–H and O–H groups in total. The highest BCUT2D eigenvalue weighted by atomic mass is 19.4. The summed E-state index contributed by atoms with van der Waals surface area (Å²) in [5.41, 5.74) is 1.38. The van der Waals surface area contributed by atoms with Crippen molar-refractivity contribution in [3.63, 3.8) is 0 Å². The Hall–Kier alpha value is -2.38. The van der Waals surface area contributed by atoms with Gasteiger partial charge in [-0.3, -0.25) is 4.79 Å². The van der Waals surface area contributed by atoms with Gasteiger partial charge in [-0.05, 0) is 37.2 Å². The fourth-order valence-corrected chi connectivity index (χ4v) is 3.71. The SMILES string of the molecule is O=C(C1CCCC1)N(Cc1ccc(-c2noc(C(F)(F)F)n2)cc1)CC1CC1. The highest BCUT2D eigenvalue weighted by Gasteiger charge is 2.38. The van der Waals surface area contributed by atoms with Gasteiger partial charge in [-0.1, -0.05) is 42.3 Å². The lowest BCUT2D eigenvalue weighted by Gasteiger charge is -2.26. The second kappa shape index (κ2) is 7.56. The molecule has 2 aliphatic rings. The highest BCUT2D eigenvalue weighted by Crippen LogP contribution is 2.33. The molecule has 150 valence electrons. The first-order valence-corrected chi connectivity index (χ1v) is 9.69. The molecular formula is C20H22F3N3O2. The molecule has 2 saturated carbocycles. The molecule has 1 amide bonds. The number of alkyl halides is 3. The Balaban J connectivity index is 1.45. The number of carbonyl (C=O) groups is 1. The molecule has 1 aromatic carbocycles. The van der Waals surface area contributed by atoms with Gasteiger partial charge in [0.05, 0.1) is 0 Å². The summed E-state index contributed by atoms with van der Waals surface area (Å²) < 4.78 is 42.1. The van der Waals surface area contributed by atoms with Gasteiger partial charge >= 0.3 is 12.1 Å². The average Bonchev–Trinajstić information content (AvgIpc) is 3.14. The molecule has 0 atom stereocenters. The predicted octanol–water partition coefficient (Wildman–Crippen LogP) is 4.68. The zero-order valence-electron chi connectivity index (χ0n) is 15.4. The number of benzene rings is 1. The van der Waals surface area contributed by atoms with E-state index in [-0.39, 0.29) is 17.6 Å². The number of hydrogen-bond donors (Lipinski definition) is 0. The number of rotatable bonds is 6. The molecule has 2 aliphatic carbocycles. The third-order valence-electron chi connectivity index (χ3n) is 5.45. The number of halogens is 3. The van der Waals surface area contributed by atoms with Crippen molar-refractivity contribution in [1.29, 1.82) is 0 Å². The first-order chi connectivity index (χ1) is 13.4. The van der Waals surface area contributed by atoms with Crippen molar-refractivity contribution < 1.29 is 22.5 Å². The van der Waals surface area contributed by atoms with Crippen molar-refractivity contribution in [3.8, 4) is 11.4 Å². The van der Waals surface area contributed by atoms with Crippen LogP contribution in [-0.2, 0) is 17.5 Å². The maximum absolute atomic E-state index is 12.9. The summed E-state index contributed by atoms with van der Waals surface area (Å²) in [4.78, 5) is 18.2. The number of hydrogen-bond acceptors (Lipinski definition) is 4. The largest absolute Gasteiger partial charge is 0.471 e. The van der Waals surface area contributed by atoms with Crippen molar-refractivity contribution in [1.82, 2.24) is 15.0 Å². The predicted molar refractivity (Wildman–Crippen MR) is 94.8 cm³/mol. The number of aromatic nitrogens is 2. The zero-order valence-corrected chi connectivity index (χ0v) is 15.4. The van der Waals surface area contributed by atoms with Crippen LogP contribution in [0.1, 0.15) is 50.0 Å². The summed E-state index contributed by atoms with van der Waals surface area (Å²) in [5.74, 6) is -0.482. The van der Waals surface area contributed by atoms with Crippen molar-refractivity contribution >= 4 is 5.91 Å². The van der Waals surface area contributed by atoms with Gasteiger partial charge in [0.25, 0.3) is 0 Å². The minimum atomic E-state index is -4.66. The third-order valence-corrected chi connectivity index (χ3v) is 5.45. The van der Waals surface area contributed by atoms with Gasteiger partial charge in [0.1, 0.15) is 0 Å². The summed E-state index contributed by atoms with van der Waals surface area (Å²) in [6.07, 6.45) is 1.87. The quantitative estimate of drug-likeness (QED) is 0.715. The Kier molecular flexibility index (Phi) is 5.12. The van der Waals surface area contributed by atoms with Crippen LogP contribution in [0.4, 0.5) is 13.2 Å². The van der Waals surface area contributed by atoms with Crippen LogP contribution in [0, 0.1) is 11.8 Å². The Morgan fingerprint density at radius 3 is 2.36 bits per heavy atom. The Bertz CT molecular complexity index is 822. The molecule has 0 saturated heterocycles. The molecule has 0 spiro atoms. The smallest absolute Gasteiger partial charge is 0.338 e. The molecule has 8 heteroatoms. The minimum absolute atomic E-state index is 0.101. The van der Waals surface area contributed by atoms with E-state index in [1.54, 1.807) is 24.3 Å². The first-order valence-electron chi connectivity index (χ1n) is 9.69. The molecule has 28 heavy (non-hydrogen) atoms. The lowest BCUT2D eigenvalue weighted by atomic mass is 10.1. The van der Waals surface area contributed by atoms with Gasteiger partial charge in [0.2, 0.25) is 11.7 Å². The summed E-state index contributed by atoms with van der Waals surface area (Å²) in [6, 6.07) is 6.94. The van der Waals surface area contributed by atoms with E-state index in [0.717, 1.165) is 37.8 Å². The van der Waals surface area contributed by atoms with Crippen LogP contribution < -0.4 is 0 Å². The van der Waals surface area contributed by atoms with Crippen molar-refractivity contribution in [3.05, 3.63) is 35.7 Å². The lowest BCUT2D eigenvalue weighted by Crippen LogP contribution is -2.36. The maximum atomic E-state index is 12.9. The van der Waals surface area contributed by atoms with Gasteiger partial charge in [-0.2, -0.15) is 18.2 Å². The molecule has 0 unspecified atom stereocenters. The second-order valence-corrected chi connectivity index (χ2v) is 7.76. The van der Waals surface area contributed by atoms with E-state index < -0.39 is 12.1 Å². The van der Waals surface area contributed by atoms with Gasteiger partial charge < -0.3 is 9.42 Å². The van der Waals surface area contributed by atoms with E-state index in [0.29, 0.717) is 18.0 Å². The van der Waals surface area contributed by atoms with Crippen LogP contribution in [0.15, 0.2) is 28.8 Å². The Labute approximate surface area is 160 Å². The molecule has 0 aliphatic heterocycles. The number of amides is 1. The second-order valence-electron chi connectivity index (χ2n) is 7.76. The van der Waals surface area contributed by atoms with Crippen LogP contribution in [0.25, 0.3) is 11.4 Å². The van der Waals surface area contributed by atoms with Gasteiger partial charge in [0.15, 0.2) is 0 Å². The van der Waals surface area contributed by atoms with E-state index in [1.807, 2.05) is 4.90 Å². The number of nitrogens with zero attached hydrogens (tertiary/aromatic N) is 3. The molecule has 5 nitrogen and oxygen atoms in total. The van der Waals surface area contributed by atoms with E-state index in [1.165, 1.54) is 12.8 Å². The Morgan fingerprint density at radius 2 is 1.79 bits per heavy atom. The van der Waals surface area contributed by atoms with E-state index >= 15 is 0 Å². The highest BCUT2D eigenvalue weighted by molar-refractivity contribution is 5.79. The average molecular weight is 393 g/mol. The monoisotopic (exact) mass is 393 g/mol. The molecule has 1 aromatic heterocycles. The molecule has 2 aromatic rings. The van der Waals surface area contributed by atoms with Crippen molar-refractivity contribution in [2.24, 2.45) is 11.8 Å². The Morgan fingerprint density at radius 1 is 1.11 bits per heavy atom. The maximum Gasteiger partial charge on any atom is 0.471 e. The summed E-state index contributed by atoms with van der Waals surface area (Å²) >= 11 is 0. The van der Waals surface area contributed by atoms with Crippen molar-refractivity contribution in [2.45, 2.75) is 51.2 Å². The minimum Gasteiger partial charge on any atom is -0.338 e. The van der Waals surface area contributed by atoms with Crippen LogP contribution in [0.2, 0.25) is 0 Å². The lowest BCUT2D eigenvalue weighted by molar-refractivity contribution is -0.159. The molecule has 1 heterocycles. The number of carbonyl (C=O) groups excluding carboxylic acids is 1. The summed E-state index contributed by atoms with van der Waals surface area (Å²) in [7, 11) is 0. The van der Waals surface area contributed by atoms with Gasteiger partial charge in [-0.25, -0.2) is 0 Å². The standard InChI is InChI=1S/C20H22F3N3O2/c21-20(22,23)19-24-17(25-28-19)15-9-7-14(8-10-15)12-26(11-13-5-6-13)18(27)16-3-1-2-4-16/h7-10,13,16H,1-6,11-12H2. The molecule has 2 fully saturated rings. The van der Waals surface area contributed by atoms with Crippen LogP contribution in [-0.4, -0.2) is 27.5 Å². The third kappa shape index (κ3) is 4.36. The van der Waals surface area contributed by atoms with Gasteiger partial charge in [-0.15, -0.1) is 0 Å². The summed E-state index contributed by atoms with van der Waals surface area (Å²) in [6.45, 7) is 1.31. The molecule has 0 radical (unpaired) electrons. The van der Waals surface area contributed by atoms with E-state index in [2.05, 4.69) is 14.7 Å². The van der Waals surface area contributed by atoms with Crippen molar-refractivity contribution in [2.75, 3.05) is 6.54 Å². The zero-order chi connectivity index (χ0) is 19.7. The fraction of sp³-hybridized carbons (Fsp3) is 0.550. The van der Waals surface area contributed by atoms with Gasteiger partial charge in [0, 0.05) is 24.6 Å². The van der Waals surface area contributed by atoms with Crippen LogP contribution >= 0.6 is 0 Å². The van der Waals surface area contributed by atoms with Crippen LogP contribution in [0.5, 0.6) is 0 Å².